The zero-order valence-corrected chi connectivity index (χ0v) is 7.64. The highest BCUT2D eigenvalue weighted by Crippen LogP contribution is 2.27. The average Bonchev–Trinajstić information content (AvgIpc) is 2.20. The van der Waals surface area contributed by atoms with Crippen LogP contribution >= 0.6 is 0 Å². The number of aromatic hydroxyl groups is 1. The van der Waals surface area contributed by atoms with Gasteiger partial charge in [-0.25, -0.2) is 0 Å². The predicted octanol–water partition coefficient (Wildman–Crippen LogP) is 2.23. The van der Waals surface area contributed by atoms with Crippen molar-refractivity contribution in [3.05, 3.63) is 54.6 Å². The van der Waals surface area contributed by atoms with Crippen LogP contribution in [0, 0.1) is 0 Å². The van der Waals surface area contributed by atoms with Gasteiger partial charge in [-0.1, -0.05) is 48.5 Å². The fraction of sp³-hybridized carbons (Fsp3) is 0. The summed E-state index contributed by atoms with van der Waals surface area (Å²) in [5.74, 6) is 0.328. The number of phenols is 1. The van der Waals surface area contributed by atoms with Crippen LogP contribution in [0.25, 0.3) is 11.1 Å². The molecule has 0 spiro atoms. The van der Waals surface area contributed by atoms with Crippen molar-refractivity contribution in [3.63, 3.8) is 0 Å². The Kier molecular flexibility index (Phi) is 3.26. The summed E-state index contributed by atoms with van der Waals surface area (Å²) in [5.41, 5.74) is 1.92. The summed E-state index contributed by atoms with van der Waals surface area (Å²) in [6.45, 7) is 0. The quantitative estimate of drug-likeness (QED) is 0.733. The lowest BCUT2D eigenvalue weighted by Crippen LogP contribution is -1.76. The summed E-state index contributed by atoms with van der Waals surface area (Å²) in [6, 6.07) is 17.2. The van der Waals surface area contributed by atoms with Gasteiger partial charge in [0.1, 0.15) is 5.75 Å². The Bertz CT molecular complexity index is 396. The van der Waals surface area contributed by atoms with Crippen LogP contribution in [-0.4, -0.2) is 10.6 Å². The molecule has 2 nitrogen and oxygen atoms in total. The first kappa shape index (κ1) is 10.3. The van der Waals surface area contributed by atoms with E-state index in [1.54, 1.807) is 6.07 Å². The minimum Gasteiger partial charge on any atom is -0.507 e. The molecule has 0 atom stereocenters. The first-order chi connectivity index (χ1) is 6.38. The van der Waals surface area contributed by atoms with Gasteiger partial charge in [0.05, 0.1) is 0 Å². The molecule has 0 bridgehead atoms. The van der Waals surface area contributed by atoms with Crippen molar-refractivity contribution in [1.29, 1.82) is 0 Å². The molecule has 0 aliphatic carbocycles. The molecular formula is C12H12O2. The molecule has 0 radical (unpaired) electrons. The van der Waals surface area contributed by atoms with Crippen LogP contribution < -0.4 is 0 Å². The lowest BCUT2D eigenvalue weighted by atomic mass is 10.1. The van der Waals surface area contributed by atoms with Crippen molar-refractivity contribution >= 4 is 0 Å². The molecule has 72 valence electrons. The Hall–Kier alpha value is -1.80. The zero-order valence-electron chi connectivity index (χ0n) is 7.64. The third kappa shape index (κ3) is 1.92. The lowest BCUT2D eigenvalue weighted by molar-refractivity contribution is 0.477. The smallest absolute Gasteiger partial charge is 0.123 e. The van der Waals surface area contributed by atoms with E-state index >= 15 is 0 Å². The number of hydrogen-bond acceptors (Lipinski definition) is 1. The topological polar surface area (TPSA) is 51.7 Å². The van der Waals surface area contributed by atoms with Crippen LogP contribution in [0.4, 0.5) is 0 Å². The maximum Gasteiger partial charge on any atom is 0.123 e. The van der Waals surface area contributed by atoms with Crippen LogP contribution in [0.15, 0.2) is 54.6 Å². The second-order valence-corrected chi connectivity index (χ2v) is 2.88. The van der Waals surface area contributed by atoms with E-state index in [9.17, 15) is 5.11 Å². The van der Waals surface area contributed by atoms with E-state index in [1.165, 1.54) is 0 Å². The highest BCUT2D eigenvalue weighted by atomic mass is 16.3. The van der Waals surface area contributed by atoms with Gasteiger partial charge in [-0.2, -0.15) is 0 Å². The third-order valence-electron chi connectivity index (χ3n) is 1.99. The Morgan fingerprint density at radius 1 is 0.714 bits per heavy atom. The molecule has 3 N–H and O–H groups in total. The highest BCUT2D eigenvalue weighted by molar-refractivity contribution is 5.69. The van der Waals surface area contributed by atoms with Gasteiger partial charge < -0.3 is 10.6 Å². The molecule has 2 aromatic rings. The van der Waals surface area contributed by atoms with Gasteiger partial charge in [-0.15, -0.1) is 0 Å². The highest BCUT2D eigenvalue weighted by Gasteiger charge is 2.00. The van der Waals surface area contributed by atoms with Gasteiger partial charge in [0, 0.05) is 5.56 Å². The molecule has 0 aromatic heterocycles. The Morgan fingerprint density at radius 3 is 1.93 bits per heavy atom. The van der Waals surface area contributed by atoms with Crippen molar-refractivity contribution in [3.8, 4) is 16.9 Å². The summed E-state index contributed by atoms with van der Waals surface area (Å²) in [7, 11) is 0. The maximum atomic E-state index is 9.56. The zero-order chi connectivity index (χ0) is 9.10. The van der Waals surface area contributed by atoms with E-state index in [-0.39, 0.29) is 5.48 Å². The van der Waals surface area contributed by atoms with Crippen molar-refractivity contribution in [2.24, 2.45) is 0 Å². The Morgan fingerprint density at radius 2 is 1.29 bits per heavy atom. The number of benzene rings is 2. The van der Waals surface area contributed by atoms with E-state index in [0.29, 0.717) is 5.75 Å². The molecule has 0 fully saturated rings. The van der Waals surface area contributed by atoms with E-state index in [1.807, 2.05) is 48.5 Å². The van der Waals surface area contributed by atoms with E-state index in [4.69, 9.17) is 0 Å². The molecule has 0 unspecified atom stereocenters. The average molecular weight is 188 g/mol. The summed E-state index contributed by atoms with van der Waals surface area (Å²) in [4.78, 5) is 0. The molecule has 2 heteroatoms. The Balaban J connectivity index is 0.000000980. The molecule has 0 heterocycles. The second kappa shape index (κ2) is 4.44. The summed E-state index contributed by atoms with van der Waals surface area (Å²) >= 11 is 0. The molecule has 2 rings (SSSR count). The lowest BCUT2D eigenvalue weighted by Gasteiger charge is -2.02. The van der Waals surface area contributed by atoms with Gasteiger partial charge in [-0.3, -0.25) is 0 Å². The minimum atomic E-state index is 0. The Labute approximate surface area is 82.8 Å². The minimum absolute atomic E-state index is 0. The van der Waals surface area contributed by atoms with Crippen molar-refractivity contribution in [1.82, 2.24) is 0 Å². The van der Waals surface area contributed by atoms with Gasteiger partial charge in [-0.05, 0) is 11.6 Å². The van der Waals surface area contributed by atoms with Crippen LogP contribution in [-0.2, 0) is 0 Å². The second-order valence-electron chi connectivity index (χ2n) is 2.88. The molecule has 2 aromatic carbocycles. The normalized spacial score (nSPS) is 9.14. The molecule has 0 aliphatic rings. The fourth-order valence-electron chi connectivity index (χ4n) is 1.34. The summed E-state index contributed by atoms with van der Waals surface area (Å²) < 4.78 is 0. The number of phenolic OH excluding ortho intramolecular Hbond substituents is 1. The molecule has 0 amide bonds. The van der Waals surface area contributed by atoms with Gasteiger partial charge in [0.15, 0.2) is 0 Å². The van der Waals surface area contributed by atoms with Gasteiger partial charge >= 0.3 is 0 Å². The first-order valence-corrected chi connectivity index (χ1v) is 4.21. The fourth-order valence-corrected chi connectivity index (χ4v) is 1.34. The van der Waals surface area contributed by atoms with Crippen molar-refractivity contribution in [2.75, 3.05) is 0 Å². The molecule has 0 saturated carbocycles. The van der Waals surface area contributed by atoms with Gasteiger partial charge in [0.2, 0.25) is 0 Å². The predicted molar refractivity (Wildman–Crippen MR) is 57.2 cm³/mol. The molecule has 0 saturated heterocycles. The summed E-state index contributed by atoms with van der Waals surface area (Å²) in [6.07, 6.45) is 0. The van der Waals surface area contributed by atoms with Crippen LogP contribution in [0.1, 0.15) is 0 Å². The van der Waals surface area contributed by atoms with Crippen molar-refractivity contribution < 1.29 is 10.6 Å². The third-order valence-corrected chi connectivity index (χ3v) is 1.99. The molecule has 0 aliphatic heterocycles. The standard InChI is InChI=1S/C12H10O.H2O/c13-12-9-5-4-8-11(12)10-6-2-1-3-7-10;/h1-9,13H;1H2. The molecular weight excluding hydrogens is 176 g/mol. The monoisotopic (exact) mass is 188 g/mol. The van der Waals surface area contributed by atoms with Crippen molar-refractivity contribution in [2.45, 2.75) is 0 Å². The first-order valence-electron chi connectivity index (χ1n) is 4.21. The molecule has 14 heavy (non-hydrogen) atoms. The number of para-hydroxylation sites is 1. The van der Waals surface area contributed by atoms with Gasteiger partial charge in [0.25, 0.3) is 0 Å². The van der Waals surface area contributed by atoms with Crippen LogP contribution in [0.3, 0.4) is 0 Å². The number of hydrogen-bond donors (Lipinski definition) is 1. The van der Waals surface area contributed by atoms with Crippen LogP contribution in [0.2, 0.25) is 0 Å². The number of rotatable bonds is 1. The van der Waals surface area contributed by atoms with E-state index in [2.05, 4.69) is 0 Å². The maximum absolute atomic E-state index is 9.56. The summed E-state index contributed by atoms with van der Waals surface area (Å²) in [5, 5.41) is 9.56. The van der Waals surface area contributed by atoms with E-state index in [0.717, 1.165) is 11.1 Å². The van der Waals surface area contributed by atoms with E-state index < -0.39 is 0 Å². The van der Waals surface area contributed by atoms with Crippen LogP contribution in [0.5, 0.6) is 5.75 Å². The SMILES string of the molecule is O.Oc1ccccc1-c1ccccc1. The largest absolute Gasteiger partial charge is 0.507 e.